The Morgan fingerprint density at radius 3 is 2.56 bits per heavy atom. The summed E-state index contributed by atoms with van der Waals surface area (Å²) < 4.78 is 26.8. The molecule has 3 N–H and O–H groups in total. The van der Waals surface area contributed by atoms with E-state index in [-0.39, 0.29) is 5.82 Å². The average Bonchev–Trinajstić information content (AvgIpc) is 2.64. The lowest BCUT2D eigenvalue weighted by Crippen LogP contribution is -2.39. The van der Waals surface area contributed by atoms with Gasteiger partial charge in [-0.15, -0.1) is 0 Å². The van der Waals surface area contributed by atoms with E-state index >= 15 is 0 Å². The van der Waals surface area contributed by atoms with Gasteiger partial charge < -0.3 is 11.1 Å². The Labute approximate surface area is 152 Å². The molecule has 0 atom stereocenters. The van der Waals surface area contributed by atoms with Gasteiger partial charge in [-0.25, -0.2) is 18.4 Å². The maximum absolute atomic E-state index is 12.6. The summed E-state index contributed by atoms with van der Waals surface area (Å²) in [5.74, 6) is 1.09. The van der Waals surface area contributed by atoms with Gasteiger partial charge in [0.2, 0.25) is 10.0 Å². The number of piperidine rings is 1. The fraction of sp³-hybridized carbons (Fsp3) is 0.375. The van der Waals surface area contributed by atoms with Gasteiger partial charge in [-0.3, -0.25) is 0 Å². The van der Waals surface area contributed by atoms with Gasteiger partial charge in [0.05, 0.1) is 4.90 Å². The fourth-order valence-electron chi connectivity index (χ4n) is 2.84. The summed E-state index contributed by atoms with van der Waals surface area (Å²) in [6.07, 6.45) is 2.91. The third-order valence-electron chi connectivity index (χ3n) is 4.33. The lowest BCUT2D eigenvalue weighted by molar-refractivity contribution is 0.282. The molecule has 1 aromatic carbocycles. The Balaban J connectivity index is 1.56. The Morgan fingerprint density at radius 2 is 1.88 bits per heavy atom. The Hall–Kier alpha value is -1.90. The highest BCUT2D eigenvalue weighted by Crippen LogP contribution is 2.26. The van der Waals surface area contributed by atoms with Crippen LogP contribution in [0.3, 0.4) is 0 Å². The van der Waals surface area contributed by atoms with E-state index in [9.17, 15) is 8.42 Å². The van der Waals surface area contributed by atoms with Crippen molar-refractivity contribution in [3.05, 3.63) is 41.7 Å². The molecule has 3 rings (SSSR count). The van der Waals surface area contributed by atoms with E-state index in [1.165, 1.54) is 6.33 Å². The molecule has 1 aromatic heterocycles. The van der Waals surface area contributed by atoms with Crippen molar-refractivity contribution in [3.63, 3.8) is 0 Å². The van der Waals surface area contributed by atoms with Gasteiger partial charge in [-0.2, -0.15) is 4.31 Å². The summed E-state index contributed by atoms with van der Waals surface area (Å²) in [6.45, 7) is 1.67. The van der Waals surface area contributed by atoms with E-state index in [1.54, 1.807) is 28.6 Å². The quantitative estimate of drug-likeness (QED) is 0.823. The smallest absolute Gasteiger partial charge is 0.243 e. The molecular weight excluding hydrogens is 362 g/mol. The van der Waals surface area contributed by atoms with Crippen LogP contribution < -0.4 is 11.1 Å². The fourth-order valence-corrected chi connectivity index (χ4v) is 4.50. The van der Waals surface area contributed by atoms with Crippen molar-refractivity contribution in [1.82, 2.24) is 14.3 Å². The number of nitrogens with one attached hydrogen (secondary N) is 1. The van der Waals surface area contributed by atoms with Gasteiger partial charge in [-0.1, -0.05) is 29.8 Å². The SMILES string of the molecule is Nc1ncnc(NCC2CCN(S(=O)(=O)c3ccccc3)CC2)c1Cl. The molecule has 0 radical (unpaired) electrons. The monoisotopic (exact) mass is 381 g/mol. The molecule has 0 amide bonds. The van der Waals surface area contributed by atoms with Crippen molar-refractivity contribution in [1.29, 1.82) is 0 Å². The van der Waals surface area contributed by atoms with Gasteiger partial charge in [0.15, 0.2) is 0 Å². The molecule has 1 aliphatic heterocycles. The van der Waals surface area contributed by atoms with Crippen LogP contribution in [0.25, 0.3) is 0 Å². The average molecular weight is 382 g/mol. The van der Waals surface area contributed by atoms with Crippen LogP contribution in [0.2, 0.25) is 5.02 Å². The molecular formula is C16H20ClN5O2S. The predicted molar refractivity (Wildman–Crippen MR) is 97.9 cm³/mol. The number of halogens is 1. The second-order valence-corrected chi connectivity index (χ2v) is 8.28. The zero-order valence-electron chi connectivity index (χ0n) is 13.6. The summed E-state index contributed by atoms with van der Waals surface area (Å²) in [5, 5.41) is 3.49. The summed E-state index contributed by atoms with van der Waals surface area (Å²) in [7, 11) is -3.41. The summed E-state index contributed by atoms with van der Waals surface area (Å²) >= 11 is 6.06. The standard InChI is InChI=1S/C16H20ClN5O2S/c17-14-15(18)20-11-21-16(14)19-10-12-6-8-22(9-7-12)25(23,24)13-4-2-1-3-5-13/h1-5,11-12H,6-10H2,(H3,18,19,20,21). The Bertz CT molecular complexity index is 824. The van der Waals surface area contributed by atoms with Crippen LogP contribution in [0.4, 0.5) is 11.6 Å². The first-order valence-electron chi connectivity index (χ1n) is 8.03. The molecule has 1 aliphatic rings. The van der Waals surface area contributed by atoms with Crippen molar-refractivity contribution < 1.29 is 8.42 Å². The van der Waals surface area contributed by atoms with Crippen molar-refractivity contribution in [2.24, 2.45) is 5.92 Å². The van der Waals surface area contributed by atoms with E-state index < -0.39 is 10.0 Å². The maximum Gasteiger partial charge on any atom is 0.243 e. The second kappa shape index (κ2) is 7.55. The number of nitrogens with zero attached hydrogens (tertiary/aromatic N) is 3. The third-order valence-corrected chi connectivity index (χ3v) is 6.61. The van der Waals surface area contributed by atoms with E-state index in [1.807, 2.05) is 6.07 Å². The summed E-state index contributed by atoms with van der Waals surface area (Å²) in [4.78, 5) is 8.24. The van der Waals surface area contributed by atoms with Gasteiger partial charge in [0.1, 0.15) is 23.0 Å². The van der Waals surface area contributed by atoms with Crippen molar-refractivity contribution in [2.45, 2.75) is 17.7 Å². The molecule has 0 saturated carbocycles. The van der Waals surface area contributed by atoms with E-state index in [4.69, 9.17) is 17.3 Å². The zero-order chi connectivity index (χ0) is 17.9. The molecule has 0 aliphatic carbocycles. The summed E-state index contributed by atoms with van der Waals surface area (Å²) in [6, 6.07) is 8.54. The topological polar surface area (TPSA) is 101 Å². The number of aromatic nitrogens is 2. The molecule has 2 heterocycles. The zero-order valence-corrected chi connectivity index (χ0v) is 15.2. The van der Waals surface area contributed by atoms with Gasteiger partial charge in [0, 0.05) is 19.6 Å². The normalized spacial score (nSPS) is 16.7. The molecule has 0 unspecified atom stereocenters. The summed E-state index contributed by atoms with van der Waals surface area (Å²) in [5.41, 5.74) is 5.65. The molecule has 25 heavy (non-hydrogen) atoms. The van der Waals surface area contributed by atoms with Crippen LogP contribution in [-0.2, 0) is 10.0 Å². The number of nitrogens with two attached hydrogens (primary N) is 1. The number of rotatable bonds is 5. The first kappa shape index (κ1) is 17.9. The van der Waals surface area contributed by atoms with Gasteiger partial charge in [-0.05, 0) is 30.9 Å². The van der Waals surface area contributed by atoms with Crippen molar-refractivity contribution >= 4 is 33.3 Å². The Kier molecular flexibility index (Phi) is 5.41. The van der Waals surface area contributed by atoms with E-state index in [2.05, 4.69) is 15.3 Å². The minimum Gasteiger partial charge on any atom is -0.382 e. The van der Waals surface area contributed by atoms with Gasteiger partial charge >= 0.3 is 0 Å². The molecule has 134 valence electrons. The van der Waals surface area contributed by atoms with E-state index in [0.717, 1.165) is 12.8 Å². The number of anilines is 2. The number of sulfonamides is 1. The van der Waals surface area contributed by atoms with Crippen molar-refractivity contribution in [2.75, 3.05) is 30.7 Å². The maximum atomic E-state index is 12.6. The van der Waals surface area contributed by atoms with Crippen molar-refractivity contribution in [3.8, 4) is 0 Å². The van der Waals surface area contributed by atoms with Crippen LogP contribution in [-0.4, -0.2) is 42.3 Å². The molecule has 1 saturated heterocycles. The highest BCUT2D eigenvalue weighted by Gasteiger charge is 2.29. The number of hydrogen-bond donors (Lipinski definition) is 2. The lowest BCUT2D eigenvalue weighted by atomic mass is 9.98. The minimum atomic E-state index is -3.41. The van der Waals surface area contributed by atoms with Gasteiger partial charge in [0.25, 0.3) is 0 Å². The molecule has 2 aromatic rings. The molecule has 7 nitrogen and oxygen atoms in total. The second-order valence-electron chi connectivity index (χ2n) is 5.96. The van der Waals surface area contributed by atoms with Crippen LogP contribution in [0.5, 0.6) is 0 Å². The lowest BCUT2D eigenvalue weighted by Gasteiger charge is -2.31. The third kappa shape index (κ3) is 4.02. The van der Waals surface area contributed by atoms with Crippen LogP contribution in [0, 0.1) is 5.92 Å². The largest absolute Gasteiger partial charge is 0.382 e. The molecule has 0 spiro atoms. The highest BCUT2D eigenvalue weighted by atomic mass is 35.5. The number of benzene rings is 1. The molecule has 0 bridgehead atoms. The van der Waals surface area contributed by atoms with Crippen LogP contribution in [0.1, 0.15) is 12.8 Å². The van der Waals surface area contributed by atoms with Crippen LogP contribution >= 0.6 is 11.6 Å². The number of nitrogen functional groups attached to an aromatic ring is 1. The Morgan fingerprint density at radius 1 is 1.20 bits per heavy atom. The number of hydrogen-bond acceptors (Lipinski definition) is 6. The predicted octanol–water partition coefficient (Wildman–Crippen LogP) is 2.22. The molecule has 1 fully saturated rings. The molecule has 9 heteroatoms. The minimum absolute atomic E-state index is 0.239. The highest BCUT2D eigenvalue weighted by molar-refractivity contribution is 7.89. The van der Waals surface area contributed by atoms with E-state index in [0.29, 0.717) is 41.3 Å². The first-order chi connectivity index (χ1) is 12.0. The first-order valence-corrected chi connectivity index (χ1v) is 9.85. The van der Waals surface area contributed by atoms with Crippen LogP contribution in [0.15, 0.2) is 41.6 Å².